The van der Waals surface area contributed by atoms with Crippen molar-refractivity contribution >= 4 is 11.8 Å². The molecule has 3 rings (SSSR count). The van der Waals surface area contributed by atoms with Crippen molar-refractivity contribution in [1.29, 1.82) is 0 Å². The van der Waals surface area contributed by atoms with Crippen molar-refractivity contribution in [2.24, 2.45) is 5.92 Å². The fraction of sp³-hybridized carbons (Fsp3) is 0.444. The molecule has 1 heterocycles. The number of hydrogen-bond acceptors (Lipinski definition) is 6. The van der Waals surface area contributed by atoms with E-state index in [4.69, 9.17) is 4.84 Å². The molecule has 1 aromatic carbocycles. The molecule has 156 valence electrons. The molecule has 0 aliphatic heterocycles. The van der Waals surface area contributed by atoms with Gasteiger partial charge in [0.1, 0.15) is 6.04 Å². The Kier molecular flexibility index (Phi) is 5.87. The van der Waals surface area contributed by atoms with E-state index in [1.165, 1.54) is 19.2 Å². The van der Waals surface area contributed by atoms with Crippen LogP contribution in [0, 0.1) is 5.92 Å². The van der Waals surface area contributed by atoms with Crippen LogP contribution in [-0.2, 0) is 27.1 Å². The molecule has 1 atom stereocenters. The average Bonchev–Trinajstić information content (AvgIpc) is 3.41. The van der Waals surface area contributed by atoms with Crippen LogP contribution >= 0.6 is 0 Å². The number of hydroxylamine groups is 2. The third kappa shape index (κ3) is 5.11. The first-order chi connectivity index (χ1) is 13.7. The monoisotopic (exact) mass is 412 g/mol. The fourth-order valence-corrected chi connectivity index (χ4v) is 2.57. The van der Waals surface area contributed by atoms with Crippen LogP contribution < -0.4 is 5.32 Å². The van der Waals surface area contributed by atoms with Crippen molar-refractivity contribution < 1.29 is 32.1 Å². The van der Waals surface area contributed by atoms with Gasteiger partial charge in [0.25, 0.3) is 5.91 Å². The first kappa shape index (κ1) is 20.8. The maximum absolute atomic E-state index is 12.6. The molecule has 1 aliphatic carbocycles. The summed E-state index contributed by atoms with van der Waals surface area (Å²) in [6.45, 7) is 1.66. The number of nitrogens with one attached hydrogen (secondary N) is 1. The van der Waals surface area contributed by atoms with Gasteiger partial charge in [-0.15, -0.1) is 0 Å². The number of benzene rings is 1. The summed E-state index contributed by atoms with van der Waals surface area (Å²) in [7, 11) is 1.33. The Hall–Kier alpha value is -2.95. The third-order valence-corrected chi connectivity index (χ3v) is 4.35. The van der Waals surface area contributed by atoms with Crippen molar-refractivity contribution in [3.63, 3.8) is 0 Å². The molecule has 2 amide bonds. The van der Waals surface area contributed by atoms with Gasteiger partial charge in [-0.1, -0.05) is 29.4 Å². The van der Waals surface area contributed by atoms with E-state index in [0.717, 1.165) is 17.9 Å². The Bertz CT molecular complexity index is 878. The van der Waals surface area contributed by atoms with E-state index in [-0.39, 0.29) is 24.2 Å². The molecule has 2 aromatic rings. The molecule has 1 aliphatic rings. The maximum Gasteiger partial charge on any atom is 0.471 e. The molecule has 29 heavy (non-hydrogen) atoms. The van der Waals surface area contributed by atoms with Crippen molar-refractivity contribution in [3.8, 4) is 11.4 Å². The Morgan fingerprint density at radius 2 is 1.97 bits per heavy atom. The molecule has 1 N–H and O–H groups in total. The second kappa shape index (κ2) is 8.19. The number of hydrogen-bond donors (Lipinski definition) is 1. The van der Waals surface area contributed by atoms with Crippen molar-refractivity contribution in [2.45, 2.75) is 38.5 Å². The molecular weight excluding hydrogens is 393 g/mol. The van der Waals surface area contributed by atoms with E-state index in [9.17, 15) is 22.8 Å². The molecule has 1 aromatic heterocycles. The molecule has 0 spiro atoms. The SMILES string of the molecule is CON(Cc1ccc(-c2noc(C(F)(F)F)n2)cc1)C(=O)C(C)NC(=O)C1CC1. The minimum atomic E-state index is -4.71. The highest BCUT2D eigenvalue weighted by molar-refractivity contribution is 5.88. The zero-order valence-electron chi connectivity index (χ0n) is 15.7. The lowest BCUT2D eigenvalue weighted by molar-refractivity contribution is -0.181. The summed E-state index contributed by atoms with van der Waals surface area (Å²) in [6.07, 6.45) is -3.05. The highest BCUT2D eigenvalue weighted by Crippen LogP contribution is 2.30. The number of amides is 2. The number of halogens is 3. The molecular formula is C18H19F3N4O4. The van der Waals surface area contributed by atoms with Gasteiger partial charge < -0.3 is 9.84 Å². The van der Waals surface area contributed by atoms with Gasteiger partial charge in [0.15, 0.2) is 0 Å². The van der Waals surface area contributed by atoms with E-state index >= 15 is 0 Å². The lowest BCUT2D eigenvalue weighted by atomic mass is 10.1. The quantitative estimate of drug-likeness (QED) is 0.702. The van der Waals surface area contributed by atoms with Gasteiger partial charge in [0, 0.05) is 11.5 Å². The molecule has 1 unspecified atom stereocenters. The first-order valence-electron chi connectivity index (χ1n) is 8.85. The van der Waals surface area contributed by atoms with Crippen LogP contribution in [0.25, 0.3) is 11.4 Å². The van der Waals surface area contributed by atoms with Crippen molar-refractivity contribution in [1.82, 2.24) is 20.5 Å². The molecule has 11 heteroatoms. The summed E-state index contributed by atoms with van der Waals surface area (Å²) in [5, 5.41) is 7.08. The van der Waals surface area contributed by atoms with E-state index in [1.54, 1.807) is 19.1 Å². The standard InChI is InChI=1S/C18H19F3N4O4/c1-10(22-15(26)13-7-8-13)16(27)25(28-2)9-11-3-5-12(6-4-11)14-23-17(29-24-14)18(19,20)21/h3-6,10,13H,7-9H2,1-2H3,(H,22,26). The third-order valence-electron chi connectivity index (χ3n) is 4.35. The topological polar surface area (TPSA) is 97.6 Å². The minimum absolute atomic E-state index is 0.0169. The van der Waals surface area contributed by atoms with E-state index in [1.807, 2.05) is 0 Å². The molecule has 0 bridgehead atoms. The van der Waals surface area contributed by atoms with Gasteiger partial charge in [-0.05, 0) is 25.3 Å². The highest BCUT2D eigenvalue weighted by Gasteiger charge is 2.38. The van der Waals surface area contributed by atoms with Gasteiger partial charge in [0.2, 0.25) is 11.7 Å². The van der Waals surface area contributed by atoms with Gasteiger partial charge in [-0.3, -0.25) is 14.4 Å². The lowest BCUT2D eigenvalue weighted by Crippen LogP contribution is -2.46. The van der Waals surface area contributed by atoms with Crippen LogP contribution in [0.4, 0.5) is 13.2 Å². The number of alkyl halides is 3. The van der Waals surface area contributed by atoms with Crippen LogP contribution in [0.1, 0.15) is 31.2 Å². The predicted molar refractivity (Wildman–Crippen MR) is 92.6 cm³/mol. The largest absolute Gasteiger partial charge is 0.471 e. The Balaban J connectivity index is 1.63. The summed E-state index contributed by atoms with van der Waals surface area (Å²) in [4.78, 5) is 32.7. The minimum Gasteiger partial charge on any atom is -0.344 e. The molecule has 1 saturated carbocycles. The Morgan fingerprint density at radius 3 is 2.48 bits per heavy atom. The second-order valence-corrected chi connectivity index (χ2v) is 6.68. The summed E-state index contributed by atoms with van der Waals surface area (Å²) >= 11 is 0. The summed E-state index contributed by atoms with van der Waals surface area (Å²) in [5.74, 6) is -2.20. The van der Waals surface area contributed by atoms with Crippen LogP contribution in [0.15, 0.2) is 28.8 Å². The summed E-state index contributed by atoms with van der Waals surface area (Å²) in [5.41, 5.74) is 0.984. The van der Waals surface area contributed by atoms with Crippen molar-refractivity contribution in [2.75, 3.05) is 7.11 Å². The number of aromatic nitrogens is 2. The molecule has 1 fully saturated rings. The van der Waals surface area contributed by atoms with Crippen LogP contribution in [0.2, 0.25) is 0 Å². The zero-order valence-corrected chi connectivity index (χ0v) is 15.7. The summed E-state index contributed by atoms with van der Waals surface area (Å²) in [6, 6.07) is 5.48. The number of carbonyl (C=O) groups excluding carboxylic acids is 2. The van der Waals surface area contributed by atoms with Gasteiger partial charge in [-0.2, -0.15) is 18.2 Å². The van der Waals surface area contributed by atoms with Gasteiger partial charge in [0.05, 0.1) is 13.7 Å². The zero-order chi connectivity index (χ0) is 21.2. The number of carbonyl (C=O) groups is 2. The predicted octanol–water partition coefficient (Wildman–Crippen LogP) is 2.56. The second-order valence-electron chi connectivity index (χ2n) is 6.68. The summed E-state index contributed by atoms with van der Waals surface area (Å²) < 4.78 is 41.9. The fourth-order valence-electron chi connectivity index (χ4n) is 2.57. The van der Waals surface area contributed by atoms with E-state index in [2.05, 4.69) is 20.0 Å². The normalized spacial score (nSPS) is 15.1. The lowest BCUT2D eigenvalue weighted by Gasteiger charge is -2.24. The maximum atomic E-state index is 12.6. The Labute approximate surface area is 164 Å². The van der Waals surface area contributed by atoms with Crippen LogP contribution in [0.3, 0.4) is 0 Å². The van der Waals surface area contributed by atoms with Crippen LogP contribution in [0.5, 0.6) is 0 Å². The molecule has 0 saturated heterocycles. The Morgan fingerprint density at radius 1 is 1.31 bits per heavy atom. The molecule has 8 nitrogen and oxygen atoms in total. The van der Waals surface area contributed by atoms with E-state index in [0.29, 0.717) is 11.1 Å². The van der Waals surface area contributed by atoms with Gasteiger partial charge in [-0.25, -0.2) is 5.06 Å². The highest BCUT2D eigenvalue weighted by atomic mass is 19.4. The van der Waals surface area contributed by atoms with Crippen molar-refractivity contribution in [3.05, 3.63) is 35.7 Å². The first-order valence-corrected chi connectivity index (χ1v) is 8.85. The average molecular weight is 412 g/mol. The smallest absolute Gasteiger partial charge is 0.344 e. The number of nitrogens with zero attached hydrogens (tertiary/aromatic N) is 3. The van der Waals surface area contributed by atoms with Crippen LogP contribution in [-0.4, -0.2) is 40.2 Å². The van der Waals surface area contributed by atoms with E-state index < -0.39 is 24.0 Å². The molecule has 0 radical (unpaired) electrons. The number of rotatable bonds is 7. The van der Waals surface area contributed by atoms with Gasteiger partial charge >= 0.3 is 12.1 Å².